The Balaban J connectivity index is 3.20. The zero-order valence-electron chi connectivity index (χ0n) is 13.5. The van der Waals surface area contributed by atoms with Crippen LogP contribution in [-0.4, -0.2) is 47.1 Å². The molecule has 0 radical (unpaired) electrons. The van der Waals surface area contributed by atoms with Crippen molar-refractivity contribution in [3.05, 3.63) is 11.8 Å². The Kier molecular flexibility index (Phi) is 7.07. The van der Waals surface area contributed by atoms with E-state index in [1.807, 2.05) is 0 Å². The first-order valence-electron chi connectivity index (χ1n) is 7.69. The van der Waals surface area contributed by atoms with E-state index in [-0.39, 0.29) is 32.4 Å². The highest BCUT2D eigenvalue weighted by Crippen LogP contribution is 2.45. The average molecular weight is 374 g/mol. The van der Waals surface area contributed by atoms with E-state index in [1.165, 1.54) is 0 Å². The summed E-state index contributed by atoms with van der Waals surface area (Å²) in [6.45, 7) is 3.52. The van der Waals surface area contributed by atoms with E-state index < -0.39 is 34.9 Å². The number of hydrogen-bond acceptors (Lipinski definition) is 3. The first kappa shape index (κ1) is 20.7. The summed E-state index contributed by atoms with van der Waals surface area (Å²) in [5.41, 5.74) is 0. The maximum atomic E-state index is 14.3. The van der Waals surface area contributed by atoms with Crippen molar-refractivity contribution < 1.29 is 31.9 Å². The molecule has 1 amide bonds. The summed E-state index contributed by atoms with van der Waals surface area (Å²) >= 11 is 5.31. The van der Waals surface area contributed by atoms with Gasteiger partial charge in [0.15, 0.2) is 16.9 Å². The Hall–Kier alpha value is -1.31. The molecule has 24 heavy (non-hydrogen) atoms. The van der Waals surface area contributed by atoms with Crippen LogP contribution in [0, 0.1) is 0 Å². The molecule has 1 unspecified atom stereocenters. The van der Waals surface area contributed by atoms with Gasteiger partial charge in [0.25, 0.3) is 0 Å². The van der Waals surface area contributed by atoms with Gasteiger partial charge < -0.3 is 9.64 Å². The van der Waals surface area contributed by atoms with E-state index >= 15 is 0 Å². The molecule has 0 aliphatic heterocycles. The molecule has 0 N–H and O–H groups in total. The van der Waals surface area contributed by atoms with E-state index in [2.05, 4.69) is 4.74 Å². The maximum absolute atomic E-state index is 14.3. The maximum Gasteiger partial charge on any atom is 0.415 e. The number of Topliss-reactive ketones (excluding diaryl/α,β-unsaturated/α-hetero) is 1. The quantitative estimate of drug-likeness (QED) is 0.545. The number of hydrogen-bond donors (Lipinski definition) is 0. The Bertz CT molecular complexity index is 507. The second-order valence-electron chi connectivity index (χ2n) is 5.38. The number of allylic oxidation sites excluding steroid dienone is 2. The number of ether oxygens (including phenoxy) is 1. The van der Waals surface area contributed by atoms with E-state index in [1.54, 1.807) is 13.8 Å². The highest BCUT2D eigenvalue weighted by molar-refractivity contribution is 6.32. The minimum atomic E-state index is -4.88. The van der Waals surface area contributed by atoms with Gasteiger partial charge in [0.2, 0.25) is 0 Å². The van der Waals surface area contributed by atoms with Crippen LogP contribution >= 0.6 is 11.6 Å². The molecule has 0 saturated carbocycles. The highest BCUT2D eigenvalue weighted by atomic mass is 35.5. The minimum absolute atomic E-state index is 0.0211. The first-order chi connectivity index (χ1) is 11.1. The monoisotopic (exact) mass is 373 g/mol. The molecule has 0 saturated heterocycles. The first-order valence-corrected chi connectivity index (χ1v) is 8.13. The molecule has 1 aliphatic carbocycles. The van der Waals surface area contributed by atoms with Crippen molar-refractivity contribution >= 4 is 23.5 Å². The number of ketones is 1. The topological polar surface area (TPSA) is 46.6 Å². The summed E-state index contributed by atoms with van der Waals surface area (Å²) < 4.78 is 61.4. The fraction of sp³-hybridized carbons (Fsp3) is 0.733. The molecule has 0 fully saturated rings. The zero-order valence-corrected chi connectivity index (χ0v) is 14.2. The summed E-state index contributed by atoms with van der Waals surface area (Å²) in [5, 5.41) is -2.69. The van der Waals surface area contributed by atoms with Crippen LogP contribution in [0.4, 0.5) is 22.4 Å². The Morgan fingerprint density at radius 2 is 1.88 bits per heavy atom. The lowest BCUT2D eigenvalue weighted by molar-refractivity contribution is -0.202. The van der Waals surface area contributed by atoms with Gasteiger partial charge in [0.1, 0.15) is 0 Å². The molecule has 0 spiro atoms. The Morgan fingerprint density at radius 3 is 2.42 bits per heavy atom. The standard InChI is InChI=1S/C15H20ClF4NO3/c1-3-21(4-2)13(23)24-11-9-7-5-6-8-10(22)12(16)15(19,20)14(11,17)18/h9,12H,3-8H2,1-2H3. The smallest absolute Gasteiger partial charge is 0.408 e. The van der Waals surface area contributed by atoms with Crippen molar-refractivity contribution in [3.8, 4) is 0 Å². The molecule has 1 aliphatic rings. The average Bonchev–Trinajstić information content (AvgIpc) is 2.52. The van der Waals surface area contributed by atoms with Crippen LogP contribution in [0.2, 0.25) is 0 Å². The van der Waals surface area contributed by atoms with Gasteiger partial charge in [-0.1, -0.05) is 0 Å². The summed E-state index contributed by atoms with van der Waals surface area (Å²) in [7, 11) is 0. The van der Waals surface area contributed by atoms with Crippen molar-refractivity contribution in [1.29, 1.82) is 0 Å². The molecule has 0 bridgehead atoms. The van der Waals surface area contributed by atoms with E-state index in [0.29, 0.717) is 6.42 Å². The van der Waals surface area contributed by atoms with E-state index in [4.69, 9.17) is 11.6 Å². The largest absolute Gasteiger partial charge is 0.415 e. The number of carbonyl (C=O) groups excluding carboxylic acids is 2. The van der Waals surface area contributed by atoms with Crippen LogP contribution in [0.5, 0.6) is 0 Å². The highest BCUT2D eigenvalue weighted by Gasteiger charge is 2.66. The van der Waals surface area contributed by atoms with Crippen molar-refractivity contribution in [3.63, 3.8) is 0 Å². The van der Waals surface area contributed by atoms with Gasteiger partial charge in [-0.25, -0.2) is 4.79 Å². The lowest BCUT2D eigenvalue weighted by atomic mass is 9.97. The number of nitrogens with zero attached hydrogens (tertiary/aromatic N) is 1. The molecule has 0 aromatic heterocycles. The lowest BCUT2D eigenvalue weighted by Gasteiger charge is -2.31. The van der Waals surface area contributed by atoms with Crippen molar-refractivity contribution in [2.45, 2.75) is 56.8 Å². The molecular weight excluding hydrogens is 354 g/mol. The number of carbonyl (C=O) groups is 2. The molecule has 0 aromatic carbocycles. The van der Waals surface area contributed by atoms with Crippen LogP contribution in [0.15, 0.2) is 11.8 Å². The van der Waals surface area contributed by atoms with Crippen LogP contribution in [0.25, 0.3) is 0 Å². The van der Waals surface area contributed by atoms with Crippen LogP contribution in [0.1, 0.15) is 39.5 Å². The number of rotatable bonds is 3. The van der Waals surface area contributed by atoms with Gasteiger partial charge in [0.05, 0.1) is 0 Å². The predicted molar refractivity (Wildman–Crippen MR) is 80.5 cm³/mol. The number of halogens is 5. The summed E-state index contributed by atoms with van der Waals surface area (Å²) in [6.07, 6.45) is -0.166. The summed E-state index contributed by atoms with van der Waals surface area (Å²) in [5.74, 6) is -12.4. The second kappa shape index (κ2) is 8.18. The third-order valence-corrected chi connectivity index (χ3v) is 4.27. The zero-order chi connectivity index (χ0) is 18.5. The van der Waals surface area contributed by atoms with Gasteiger partial charge >= 0.3 is 17.9 Å². The lowest BCUT2D eigenvalue weighted by Crippen LogP contribution is -2.52. The molecular formula is C15H20ClF4NO3. The molecule has 0 aromatic rings. The fourth-order valence-corrected chi connectivity index (χ4v) is 2.45. The fourth-order valence-electron chi connectivity index (χ4n) is 2.20. The SMILES string of the molecule is CCN(CC)C(=O)OC1=CCCCCC(=O)C(Cl)C(F)(F)C1(F)F. The second-order valence-corrected chi connectivity index (χ2v) is 5.82. The van der Waals surface area contributed by atoms with Crippen molar-refractivity contribution in [2.75, 3.05) is 13.1 Å². The third kappa shape index (κ3) is 4.20. The summed E-state index contributed by atoms with van der Waals surface area (Å²) in [6, 6.07) is 0. The van der Waals surface area contributed by atoms with Gasteiger partial charge in [-0.05, 0) is 39.2 Å². The molecule has 4 nitrogen and oxygen atoms in total. The number of amides is 1. The molecule has 1 rings (SSSR count). The normalized spacial score (nSPS) is 24.0. The van der Waals surface area contributed by atoms with Crippen LogP contribution in [0.3, 0.4) is 0 Å². The van der Waals surface area contributed by atoms with Crippen LogP contribution < -0.4 is 0 Å². The minimum Gasteiger partial charge on any atom is -0.408 e. The molecule has 1 atom stereocenters. The third-order valence-electron chi connectivity index (χ3n) is 3.76. The van der Waals surface area contributed by atoms with Crippen molar-refractivity contribution in [1.82, 2.24) is 4.90 Å². The predicted octanol–water partition coefficient (Wildman–Crippen LogP) is 4.37. The molecule has 9 heteroatoms. The van der Waals surface area contributed by atoms with E-state index in [0.717, 1.165) is 11.0 Å². The van der Waals surface area contributed by atoms with Gasteiger partial charge in [-0.15, -0.1) is 11.6 Å². The number of alkyl halides is 5. The molecule has 138 valence electrons. The van der Waals surface area contributed by atoms with Gasteiger partial charge in [0, 0.05) is 19.5 Å². The van der Waals surface area contributed by atoms with Gasteiger partial charge in [-0.3, -0.25) is 4.79 Å². The summed E-state index contributed by atoms with van der Waals surface area (Å²) in [4.78, 5) is 24.5. The van der Waals surface area contributed by atoms with Gasteiger partial charge in [-0.2, -0.15) is 17.6 Å². The molecule has 0 heterocycles. The Labute approximate surface area is 142 Å². The van der Waals surface area contributed by atoms with E-state index in [9.17, 15) is 27.2 Å². The van der Waals surface area contributed by atoms with Crippen LogP contribution in [-0.2, 0) is 9.53 Å². The van der Waals surface area contributed by atoms with Crippen molar-refractivity contribution in [2.24, 2.45) is 0 Å². The Morgan fingerprint density at radius 1 is 1.29 bits per heavy atom.